The molecular weight excluding hydrogens is 467 g/mol. The van der Waals surface area contributed by atoms with Crippen molar-refractivity contribution in [1.82, 2.24) is 0 Å². The van der Waals surface area contributed by atoms with Gasteiger partial charge in [-0.1, -0.05) is 60.8 Å². The molecule has 0 fully saturated rings. The first-order chi connectivity index (χ1) is 10.9. The fourth-order valence-electron chi connectivity index (χ4n) is 0.563. The Bertz CT molecular complexity index is 324. The van der Waals surface area contributed by atoms with E-state index >= 15 is 0 Å². The zero-order valence-electron chi connectivity index (χ0n) is 16.3. The summed E-state index contributed by atoms with van der Waals surface area (Å²) < 4.78 is 35.0. The van der Waals surface area contributed by atoms with Gasteiger partial charge in [0.05, 0.1) is 0 Å². The molecular formula is C17H34F3GeN3Zr. The molecule has 3 atom stereocenters. The molecule has 0 saturated heterocycles. The minimum absolute atomic E-state index is 0. The third kappa shape index (κ3) is 32.6. The molecule has 3 N–H and O–H groups in total. The van der Waals surface area contributed by atoms with Crippen molar-refractivity contribution >= 4 is 19.1 Å². The maximum Gasteiger partial charge on any atom is 4.00 e. The van der Waals surface area contributed by atoms with E-state index in [2.05, 4.69) is 0 Å². The molecule has 146 valence electrons. The second-order valence-electron chi connectivity index (χ2n) is 5.60. The summed E-state index contributed by atoms with van der Waals surface area (Å²) in [6.45, 7) is 11.7. The van der Waals surface area contributed by atoms with Gasteiger partial charge in [-0.3, -0.25) is 0 Å². The molecule has 0 aromatic heterocycles. The van der Waals surface area contributed by atoms with Crippen LogP contribution in [0.25, 0.3) is 17.2 Å². The van der Waals surface area contributed by atoms with E-state index in [1.54, 1.807) is 0 Å². The molecule has 1 aromatic rings. The SMILES string of the molecule is CCC(C)[NH-].CCC(C)[NH-].CCC(C)[NH-].[F][Ge]([F])([F])[c-]1cccc1.[Zr+4]. The van der Waals surface area contributed by atoms with Crippen molar-refractivity contribution in [2.24, 2.45) is 0 Å². The van der Waals surface area contributed by atoms with Gasteiger partial charge in [0, 0.05) is 0 Å². The van der Waals surface area contributed by atoms with Crippen LogP contribution in [0.15, 0.2) is 24.3 Å². The summed E-state index contributed by atoms with van der Waals surface area (Å²) in [4.78, 5) is 0. The topological polar surface area (TPSA) is 71.4 Å². The molecule has 0 aliphatic heterocycles. The van der Waals surface area contributed by atoms with Gasteiger partial charge in [-0.2, -0.15) is 0 Å². The monoisotopic (exact) mass is 501 g/mol. The predicted molar refractivity (Wildman–Crippen MR) is 103 cm³/mol. The van der Waals surface area contributed by atoms with E-state index in [0.29, 0.717) is 0 Å². The van der Waals surface area contributed by atoms with Crippen LogP contribution in [0.5, 0.6) is 0 Å². The normalized spacial score (nSPS) is 13.3. The van der Waals surface area contributed by atoms with E-state index in [9.17, 15) is 10.5 Å². The van der Waals surface area contributed by atoms with Crippen molar-refractivity contribution in [3.05, 3.63) is 41.5 Å². The number of halogens is 3. The number of rotatable bonds is 4. The maximum atomic E-state index is 11.8. The van der Waals surface area contributed by atoms with Crippen molar-refractivity contribution in [3.63, 3.8) is 0 Å². The van der Waals surface area contributed by atoms with E-state index < -0.39 is 19.1 Å². The van der Waals surface area contributed by atoms with E-state index in [0.717, 1.165) is 31.4 Å². The van der Waals surface area contributed by atoms with Gasteiger partial charge in [-0.25, -0.2) is 0 Å². The Labute approximate surface area is 175 Å². The zero-order valence-corrected chi connectivity index (χ0v) is 20.9. The van der Waals surface area contributed by atoms with Crippen molar-refractivity contribution in [3.8, 4) is 0 Å². The van der Waals surface area contributed by atoms with E-state index in [-0.39, 0.29) is 44.3 Å². The summed E-state index contributed by atoms with van der Waals surface area (Å²) >= 11 is -5.94. The van der Waals surface area contributed by atoms with Gasteiger partial charge in [0.25, 0.3) is 0 Å². The van der Waals surface area contributed by atoms with Gasteiger partial charge in [0.1, 0.15) is 0 Å². The molecule has 1 aromatic carbocycles. The van der Waals surface area contributed by atoms with Gasteiger partial charge in [-0.15, -0.1) is 18.1 Å². The summed E-state index contributed by atoms with van der Waals surface area (Å²) in [5, 5.41) is 0. The van der Waals surface area contributed by atoms with Crippen LogP contribution in [0.2, 0.25) is 0 Å². The number of nitrogens with one attached hydrogen (secondary N) is 3. The third-order valence-electron chi connectivity index (χ3n) is 2.83. The summed E-state index contributed by atoms with van der Waals surface area (Å²) in [5.74, 6) is 0. The molecule has 3 nitrogen and oxygen atoms in total. The summed E-state index contributed by atoms with van der Waals surface area (Å²) in [7, 11) is 0. The van der Waals surface area contributed by atoms with Crippen LogP contribution in [0.3, 0.4) is 0 Å². The molecule has 0 aliphatic carbocycles. The van der Waals surface area contributed by atoms with Crippen LogP contribution in [-0.2, 0) is 26.2 Å². The van der Waals surface area contributed by atoms with E-state index in [1.807, 2.05) is 41.5 Å². The molecule has 0 amide bonds. The van der Waals surface area contributed by atoms with Gasteiger partial charge < -0.3 is 17.2 Å². The molecule has 0 heterocycles. The largest absolute Gasteiger partial charge is 4.00 e. The fourth-order valence-corrected chi connectivity index (χ4v) is 1.76. The van der Waals surface area contributed by atoms with Crippen molar-refractivity contribution in [2.45, 2.75) is 78.9 Å². The van der Waals surface area contributed by atoms with Gasteiger partial charge in [0.2, 0.25) is 0 Å². The first-order valence-electron chi connectivity index (χ1n) is 8.34. The van der Waals surface area contributed by atoms with Crippen molar-refractivity contribution in [1.29, 1.82) is 0 Å². The molecule has 25 heavy (non-hydrogen) atoms. The van der Waals surface area contributed by atoms with Crippen molar-refractivity contribution in [2.75, 3.05) is 0 Å². The van der Waals surface area contributed by atoms with Crippen LogP contribution in [0, 0.1) is 0 Å². The standard InChI is InChI=1S/C5H4F3Ge.3C4H10N.Zr/c6-9(7,8)5-3-1-2-4-5;3*1-3-4(2)5;/h1-4H;3*4-5H,3H2,1-2H3;/q4*-1;+4. The first kappa shape index (κ1) is 33.1. The minimum Gasteiger partial charge on any atom is 4.00 e. The zero-order chi connectivity index (χ0) is 19.8. The number of hydrogen-bond donors (Lipinski definition) is 0. The molecule has 0 bridgehead atoms. The van der Waals surface area contributed by atoms with Crippen LogP contribution in [-0.4, -0.2) is 32.8 Å². The second kappa shape index (κ2) is 20.8. The van der Waals surface area contributed by atoms with Gasteiger partial charge in [-0.05, 0) is 0 Å². The quantitative estimate of drug-likeness (QED) is 0.316. The predicted octanol–water partition coefficient (Wildman–Crippen LogP) is 6.97. The van der Waals surface area contributed by atoms with Crippen LogP contribution < -0.4 is 4.40 Å². The Morgan fingerprint density at radius 3 is 1.04 bits per heavy atom. The average Bonchev–Trinajstić information content (AvgIpc) is 3.03. The number of hydrogen-bond acceptors (Lipinski definition) is 0. The molecule has 1 rings (SSSR count). The maximum absolute atomic E-state index is 11.8. The minimum atomic E-state index is -5.94. The average molecular weight is 501 g/mol. The van der Waals surface area contributed by atoms with Gasteiger partial charge in [0.15, 0.2) is 0 Å². The van der Waals surface area contributed by atoms with E-state index in [1.165, 1.54) is 12.1 Å². The molecule has 8 heteroatoms. The van der Waals surface area contributed by atoms with Gasteiger partial charge >= 0.3 is 80.0 Å². The van der Waals surface area contributed by atoms with Crippen LogP contribution in [0.4, 0.5) is 10.5 Å². The van der Waals surface area contributed by atoms with Crippen LogP contribution in [0.1, 0.15) is 60.8 Å². The molecule has 0 radical (unpaired) electrons. The Kier molecular flexibility index (Phi) is 27.4. The first-order valence-corrected chi connectivity index (χ1v) is 11.8. The Hall–Kier alpha value is 0.446. The fraction of sp³-hybridized carbons (Fsp3) is 0.706. The molecule has 0 aliphatic rings. The smallest absolute Gasteiger partial charge is 4.00 e. The summed E-state index contributed by atoms with van der Waals surface area (Å²) in [6, 6.07) is 5.47. The summed E-state index contributed by atoms with van der Waals surface area (Å²) in [6.07, 6.45) is 2.92. The summed E-state index contributed by atoms with van der Waals surface area (Å²) in [5.41, 5.74) is 20.5. The second-order valence-corrected chi connectivity index (χ2v) is 8.90. The molecule has 0 spiro atoms. The van der Waals surface area contributed by atoms with Crippen LogP contribution >= 0.6 is 0 Å². The third-order valence-corrected chi connectivity index (χ3v) is 4.90. The Morgan fingerprint density at radius 2 is 0.960 bits per heavy atom. The van der Waals surface area contributed by atoms with E-state index in [4.69, 9.17) is 17.2 Å². The Balaban J connectivity index is -0.000000122. The molecule has 0 saturated carbocycles. The van der Waals surface area contributed by atoms with Crippen molar-refractivity contribution < 1.29 is 36.7 Å². The Morgan fingerprint density at radius 1 is 0.760 bits per heavy atom. The molecule has 3 unspecified atom stereocenters.